The predicted octanol–water partition coefficient (Wildman–Crippen LogP) is 3.56. The van der Waals surface area contributed by atoms with Gasteiger partial charge in [0.25, 0.3) is 0 Å². The Balaban J connectivity index is 0.759. The lowest BCUT2D eigenvalue weighted by molar-refractivity contribution is -0.365. The van der Waals surface area contributed by atoms with Crippen LogP contribution in [-0.4, -0.2) is 182 Å². The SMILES string of the molecule is CC(=O)C1=C(C)C[C@@H]2O[C@]3(C)[C@H](C[C@H]2O1)O[C@@H]1C[C@@H]2O[C@@H]4C[C@@H]5O[C@@H]6C[C@@H]7O[C@@H]8C[C@@H]9O[C@](C)(CCOS(=O)(=O)O)[C@@H](OS(=O)(=O)O)C[C@H]9O[C@H]8C[C@H]7O[C@H]6CC[C@@]5(C)O[C@@]4(C)CC[C@H](C)[C@H]2O[C@H]1[C@H]3O. The molecule has 0 aliphatic carbocycles. The fraction of sp³-hybridized carbons (Fsp3) is 0.938. The zero-order valence-electron chi connectivity index (χ0n) is 41.5. The molecule has 23 heteroatoms. The van der Waals surface area contributed by atoms with Crippen molar-refractivity contribution in [3.63, 3.8) is 0 Å². The van der Waals surface area contributed by atoms with Crippen molar-refractivity contribution in [2.45, 2.75) is 270 Å². The largest absolute Gasteiger partial charge is 0.484 e. The molecule has 0 unspecified atom stereocenters. The van der Waals surface area contributed by atoms with Gasteiger partial charge >= 0.3 is 20.8 Å². The molecule has 3 N–H and O–H groups in total. The van der Waals surface area contributed by atoms with Crippen LogP contribution in [0.3, 0.4) is 0 Å². The Morgan fingerprint density at radius 1 is 0.634 bits per heavy atom. The molecule has 11 rings (SSSR count). The second kappa shape index (κ2) is 18.3. The summed E-state index contributed by atoms with van der Waals surface area (Å²) in [6.07, 6.45) is -2.77. The molecular formula is C48H72O21S2. The van der Waals surface area contributed by atoms with Crippen molar-refractivity contribution in [3.05, 3.63) is 11.3 Å². The Hall–Kier alpha value is -1.49. The number of hydrogen-bond donors (Lipinski definition) is 3. The number of hydrogen-bond acceptors (Lipinski definition) is 19. The Morgan fingerprint density at radius 3 is 1.85 bits per heavy atom. The topological polar surface area (TPSA) is 266 Å². The van der Waals surface area contributed by atoms with Gasteiger partial charge in [-0.3, -0.25) is 13.9 Å². The molecule has 0 saturated carbocycles. The van der Waals surface area contributed by atoms with E-state index in [9.17, 15) is 31.3 Å². The van der Waals surface area contributed by atoms with Crippen LogP contribution in [-0.2, 0) is 86.1 Å². The van der Waals surface area contributed by atoms with E-state index in [2.05, 4.69) is 25.0 Å². The zero-order chi connectivity index (χ0) is 50.4. The number of carbonyl (C=O) groups excluding carboxylic acids is 1. The van der Waals surface area contributed by atoms with Crippen LogP contribution in [0.15, 0.2) is 11.3 Å². The van der Waals surface area contributed by atoms with E-state index < -0.39 is 105 Å². The van der Waals surface area contributed by atoms with Crippen LogP contribution in [0.1, 0.15) is 132 Å². The molecular weight excluding hydrogens is 977 g/mol. The smallest absolute Gasteiger partial charge is 0.397 e. The lowest BCUT2D eigenvalue weighted by Crippen LogP contribution is -2.73. The van der Waals surface area contributed by atoms with Crippen molar-refractivity contribution < 1.29 is 96.3 Å². The van der Waals surface area contributed by atoms with Crippen LogP contribution in [0.5, 0.6) is 0 Å². The monoisotopic (exact) mass is 1050 g/mol. The maximum atomic E-state index is 12.4. The molecule has 24 atom stereocenters. The quantitative estimate of drug-likeness (QED) is 0.308. The molecule has 0 bridgehead atoms. The molecule has 71 heavy (non-hydrogen) atoms. The lowest BCUT2D eigenvalue weighted by atomic mass is 9.73. The molecule has 0 spiro atoms. The minimum Gasteiger partial charge on any atom is -0.484 e. The number of carbonyl (C=O) groups is 1. The standard InChI is InChI=1S/C48H72O21S2/c1-22-8-10-46(5)38(62-35-18-36-43(65-42(22)35)44(50)48(7)40(63-36)20-32-33(67-48)14-23(2)41(64-32)24(3)49)21-37-47(6,69-46)11-9-25-26(61-37)15-28-27(58-25)16-29-30(59-28)17-34-31(60-29)19-39(68-71(54,55)56)45(4,66-34)12-13-57-70(51,52)53/h22,25-40,42-44,50H,8-21H2,1-7H3,(H,51,52,53)(H,54,55,56)/t22-,25-,26+,27+,28-,29-,30+,31+,32+,33-,34-,35-,36+,37-,38+,39-,40-,42+,43+,44+,45+,46-,47+,48+/m0/s1. The first-order chi connectivity index (χ1) is 33.3. The summed E-state index contributed by atoms with van der Waals surface area (Å²) in [6.45, 7) is 12.8. The van der Waals surface area contributed by atoms with E-state index >= 15 is 0 Å². The summed E-state index contributed by atoms with van der Waals surface area (Å²) in [4.78, 5) is 12.4. The molecule has 21 nitrogen and oxygen atoms in total. The van der Waals surface area contributed by atoms with Gasteiger partial charge in [-0.1, -0.05) is 6.92 Å². The summed E-state index contributed by atoms with van der Waals surface area (Å²) >= 11 is 0. The minimum absolute atomic E-state index is 0.00699. The highest BCUT2D eigenvalue weighted by Gasteiger charge is 2.65. The van der Waals surface area contributed by atoms with Gasteiger partial charge in [-0.15, -0.1) is 0 Å². The molecule has 0 aromatic rings. The first-order valence-electron chi connectivity index (χ1n) is 25.8. The molecule has 402 valence electrons. The van der Waals surface area contributed by atoms with Crippen LogP contribution >= 0.6 is 0 Å². The highest BCUT2D eigenvalue weighted by atomic mass is 32.3. The highest BCUT2D eigenvalue weighted by molar-refractivity contribution is 7.81. The Kier molecular flexibility index (Phi) is 13.3. The number of allylic oxidation sites excluding steroid dienone is 1. The fourth-order valence-corrected chi connectivity index (χ4v) is 15.4. The van der Waals surface area contributed by atoms with Gasteiger partial charge < -0.3 is 57.2 Å². The predicted molar refractivity (Wildman–Crippen MR) is 242 cm³/mol. The van der Waals surface area contributed by atoms with E-state index in [0.29, 0.717) is 63.5 Å². The summed E-state index contributed by atoms with van der Waals surface area (Å²) in [5.41, 5.74) is -2.92. The fourth-order valence-electron chi connectivity index (χ4n) is 14.5. The third kappa shape index (κ3) is 9.62. The van der Waals surface area contributed by atoms with Crippen molar-refractivity contribution in [2.75, 3.05) is 6.61 Å². The van der Waals surface area contributed by atoms with E-state index in [1.54, 1.807) is 0 Å². The Labute approximate surface area is 415 Å². The van der Waals surface area contributed by atoms with Crippen LogP contribution in [0, 0.1) is 5.92 Å². The number of aliphatic hydroxyl groups excluding tert-OH is 1. The first-order valence-corrected chi connectivity index (χ1v) is 28.5. The van der Waals surface area contributed by atoms with Crippen LogP contribution in [0.25, 0.3) is 0 Å². The van der Waals surface area contributed by atoms with Gasteiger partial charge in [-0.25, -0.2) is 8.37 Å². The number of ether oxygens (including phenoxy) is 11. The molecule has 11 aliphatic heterocycles. The summed E-state index contributed by atoms with van der Waals surface area (Å²) in [6, 6.07) is 0. The molecule has 11 aliphatic rings. The molecule has 0 radical (unpaired) electrons. The van der Waals surface area contributed by atoms with Gasteiger partial charge in [-0.2, -0.15) is 16.8 Å². The maximum absolute atomic E-state index is 12.4. The molecule has 0 aromatic heterocycles. The van der Waals surface area contributed by atoms with Crippen LogP contribution in [0.4, 0.5) is 0 Å². The average Bonchev–Trinajstić information content (AvgIpc) is 3.39. The minimum atomic E-state index is -4.94. The highest BCUT2D eigenvalue weighted by Crippen LogP contribution is 2.53. The molecule has 0 amide bonds. The van der Waals surface area contributed by atoms with Crippen molar-refractivity contribution in [1.82, 2.24) is 0 Å². The third-order valence-corrected chi connectivity index (χ3v) is 19.3. The molecule has 0 aromatic carbocycles. The number of Topliss-reactive ketones (excluding diaryl/α,β-unsaturated/α-hetero) is 1. The van der Waals surface area contributed by atoms with Gasteiger partial charge in [0, 0.05) is 64.7 Å². The lowest BCUT2D eigenvalue weighted by Gasteiger charge is -2.60. The summed E-state index contributed by atoms with van der Waals surface area (Å²) in [5, 5.41) is 12.1. The third-order valence-electron chi connectivity index (χ3n) is 18.4. The van der Waals surface area contributed by atoms with Crippen molar-refractivity contribution in [3.8, 4) is 0 Å². The van der Waals surface area contributed by atoms with E-state index in [4.69, 9.17) is 60.8 Å². The van der Waals surface area contributed by atoms with Crippen molar-refractivity contribution in [1.29, 1.82) is 0 Å². The number of fused-ring (bicyclic) bond motifs is 10. The van der Waals surface area contributed by atoms with Crippen molar-refractivity contribution >= 4 is 26.6 Å². The van der Waals surface area contributed by atoms with Gasteiger partial charge in [0.1, 0.15) is 30.0 Å². The summed E-state index contributed by atoms with van der Waals surface area (Å²) in [5.74, 6) is 0.349. The second-order valence-electron chi connectivity index (χ2n) is 23.4. The van der Waals surface area contributed by atoms with Gasteiger partial charge in [0.05, 0.1) is 115 Å². The first kappa shape index (κ1) is 51.6. The molecule has 10 fully saturated rings. The maximum Gasteiger partial charge on any atom is 0.397 e. The Bertz CT molecular complexity index is 2320. The second-order valence-corrected chi connectivity index (χ2v) is 25.6. The van der Waals surface area contributed by atoms with Gasteiger partial charge in [0.2, 0.25) is 0 Å². The average molecular weight is 1050 g/mol. The van der Waals surface area contributed by atoms with E-state index in [-0.39, 0.29) is 85.6 Å². The van der Waals surface area contributed by atoms with Crippen LogP contribution < -0.4 is 0 Å². The van der Waals surface area contributed by atoms with Crippen LogP contribution in [0.2, 0.25) is 0 Å². The Morgan fingerprint density at radius 2 is 1.20 bits per heavy atom. The normalized spacial score (nSPS) is 52.8. The molecule has 11 heterocycles. The van der Waals surface area contributed by atoms with E-state index in [0.717, 1.165) is 18.4 Å². The number of aliphatic hydroxyl groups is 1. The zero-order valence-corrected chi connectivity index (χ0v) is 43.1. The molecule has 10 saturated heterocycles. The van der Waals surface area contributed by atoms with Crippen molar-refractivity contribution in [2.24, 2.45) is 5.92 Å². The number of rotatable bonds is 7. The van der Waals surface area contributed by atoms with Gasteiger partial charge in [-0.05, 0) is 71.8 Å². The van der Waals surface area contributed by atoms with Gasteiger partial charge in [0.15, 0.2) is 11.5 Å². The van der Waals surface area contributed by atoms with E-state index in [1.165, 1.54) is 13.8 Å². The summed E-state index contributed by atoms with van der Waals surface area (Å²) in [7, 11) is -9.72. The van der Waals surface area contributed by atoms with E-state index in [1.807, 2.05) is 13.8 Å². The number of ketones is 1. The summed E-state index contributed by atoms with van der Waals surface area (Å²) < 4.78 is 150.